The van der Waals surface area contributed by atoms with Crippen molar-refractivity contribution in [3.63, 3.8) is 0 Å². The minimum Gasteiger partial charge on any atom is -0.313 e. The maximum atomic E-state index is 5.98. The van der Waals surface area contributed by atoms with E-state index >= 15 is 0 Å². The summed E-state index contributed by atoms with van der Waals surface area (Å²) in [5.41, 5.74) is 6.14. The van der Waals surface area contributed by atoms with Crippen molar-refractivity contribution in [1.29, 1.82) is 0 Å². The molecule has 1 saturated heterocycles. The first kappa shape index (κ1) is 5.69. The van der Waals surface area contributed by atoms with Crippen LogP contribution in [0.5, 0.6) is 0 Å². The Bertz CT molecular complexity index is 112. The zero-order chi connectivity index (χ0) is 6.32. The van der Waals surface area contributed by atoms with Crippen molar-refractivity contribution < 1.29 is 0 Å². The van der Waals surface area contributed by atoms with Gasteiger partial charge in [0, 0.05) is 0 Å². The molecule has 2 nitrogen and oxygen atoms in total. The lowest BCUT2D eigenvalue weighted by molar-refractivity contribution is 0.227. The maximum Gasteiger partial charge on any atom is 0.0689 e. The number of rotatable bonds is 1. The molecular weight excluding hydrogens is 112 g/mol. The van der Waals surface area contributed by atoms with Crippen LogP contribution in [0.25, 0.3) is 0 Å². The van der Waals surface area contributed by atoms with E-state index < -0.39 is 0 Å². The SMILES string of the molecule is NC1(N2CCCC2)CC1. The van der Waals surface area contributed by atoms with Crippen molar-refractivity contribution in [3.05, 3.63) is 0 Å². The zero-order valence-corrected chi connectivity index (χ0v) is 5.77. The molecular formula is C7H14N2. The molecule has 1 saturated carbocycles. The zero-order valence-electron chi connectivity index (χ0n) is 5.77. The van der Waals surface area contributed by atoms with Crippen LogP contribution in [0.15, 0.2) is 0 Å². The summed E-state index contributed by atoms with van der Waals surface area (Å²) in [4.78, 5) is 2.44. The van der Waals surface area contributed by atoms with Gasteiger partial charge in [0.15, 0.2) is 0 Å². The van der Waals surface area contributed by atoms with E-state index in [4.69, 9.17) is 5.73 Å². The Balaban J connectivity index is 1.97. The standard InChI is InChI=1S/C7H14N2/c8-7(3-4-7)9-5-1-2-6-9/h1-6,8H2. The number of nitrogens with zero attached hydrogens (tertiary/aromatic N) is 1. The summed E-state index contributed by atoms with van der Waals surface area (Å²) in [5.74, 6) is 0. The van der Waals surface area contributed by atoms with E-state index in [2.05, 4.69) is 4.90 Å². The van der Waals surface area contributed by atoms with Gasteiger partial charge < -0.3 is 5.73 Å². The average molecular weight is 126 g/mol. The fourth-order valence-electron chi connectivity index (χ4n) is 1.61. The third-order valence-corrected chi connectivity index (χ3v) is 2.50. The molecule has 9 heavy (non-hydrogen) atoms. The highest BCUT2D eigenvalue weighted by atomic mass is 15.3. The molecule has 52 valence electrons. The molecule has 2 fully saturated rings. The molecule has 0 aromatic carbocycles. The third-order valence-electron chi connectivity index (χ3n) is 2.50. The molecule has 0 atom stereocenters. The van der Waals surface area contributed by atoms with Gasteiger partial charge in [0.1, 0.15) is 0 Å². The van der Waals surface area contributed by atoms with Crippen molar-refractivity contribution in [2.45, 2.75) is 31.3 Å². The fourth-order valence-corrected chi connectivity index (χ4v) is 1.61. The number of hydrogen-bond donors (Lipinski definition) is 1. The van der Waals surface area contributed by atoms with Crippen LogP contribution in [0.4, 0.5) is 0 Å². The van der Waals surface area contributed by atoms with Crippen LogP contribution < -0.4 is 5.73 Å². The predicted molar refractivity (Wildman–Crippen MR) is 37.0 cm³/mol. The lowest BCUT2D eigenvalue weighted by Crippen LogP contribution is -2.42. The van der Waals surface area contributed by atoms with Crippen LogP contribution in [0, 0.1) is 0 Å². The fraction of sp³-hybridized carbons (Fsp3) is 1.00. The molecule has 0 aromatic heterocycles. The van der Waals surface area contributed by atoms with Gasteiger partial charge in [0.25, 0.3) is 0 Å². The van der Waals surface area contributed by atoms with E-state index in [1.54, 1.807) is 0 Å². The minimum atomic E-state index is 0.163. The van der Waals surface area contributed by atoms with Crippen LogP contribution in [0.1, 0.15) is 25.7 Å². The molecule has 2 N–H and O–H groups in total. The Morgan fingerprint density at radius 2 is 1.67 bits per heavy atom. The lowest BCUT2D eigenvalue weighted by atomic mass is 10.4. The van der Waals surface area contributed by atoms with E-state index in [1.807, 2.05) is 0 Å². The Hall–Kier alpha value is -0.0800. The second-order valence-corrected chi connectivity index (χ2v) is 3.30. The molecule has 2 rings (SSSR count). The van der Waals surface area contributed by atoms with Gasteiger partial charge in [0.2, 0.25) is 0 Å². The maximum absolute atomic E-state index is 5.98. The average Bonchev–Trinajstić information content (AvgIpc) is 2.46. The van der Waals surface area contributed by atoms with Crippen molar-refractivity contribution in [2.24, 2.45) is 5.73 Å². The molecule has 0 radical (unpaired) electrons. The van der Waals surface area contributed by atoms with Gasteiger partial charge in [-0.2, -0.15) is 0 Å². The number of nitrogens with two attached hydrogens (primary N) is 1. The smallest absolute Gasteiger partial charge is 0.0689 e. The van der Waals surface area contributed by atoms with Crippen LogP contribution in [0.3, 0.4) is 0 Å². The highest BCUT2D eigenvalue weighted by molar-refractivity contribution is 4.99. The molecule has 0 bridgehead atoms. The van der Waals surface area contributed by atoms with E-state index in [1.165, 1.54) is 38.8 Å². The minimum absolute atomic E-state index is 0.163. The Labute approximate surface area is 56.0 Å². The molecule has 2 heteroatoms. The highest BCUT2D eigenvalue weighted by Crippen LogP contribution is 2.37. The Morgan fingerprint density at radius 3 is 2.11 bits per heavy atom. The molecule has 0 aromatic rings. The lowest BCUT2D eigenvalue weighted by Gasteiger charge is -2.22. The topological polar surface area (TPSA) is 29.3 Å². The van der Waals surface area contributed by atoms with Crippen molar-refractivity contribution >= 4 is 0 Å². The number of hydrogen-bond acceptors (Lipinski definition) is 2. The van der Waals surface area contributed by atoms with Crippen LogP contribution in [-0.4, -0.2) is 23.7 Å². The molecule has 1 heterocycles. The quantitative estimate of drug-likeness (QED) is 0.555. The summed E-state index contributed by atoms with van der Waals surface area (Å²) >= 11 is 0. The Morgan fingerprint density at radius 1 is 1.11 bits per heavy atom. The van der Waals surface area contributed by atoms with E-state index in [0.717, 1.165) is 0 Å². The molecule has 0 unspecified atom stereocenters. The summed E-state index contributed by atoms with van der Waals surface area (Å²) in [6.07, 6.45) is 5.18. The van der Waals surface area contributed by atoms with E-state index in [0.29, 0.717) is 0 Å². The van der Waals surface area contributed by atoms with Crippen molar-refractivity contribution in [1.82, 2.24) is 4.90 Å². The second-order valence-electron chi connectivity index (χ2n) is 3.30. The summed E-state index contributed by atoms with van der Waals surface area (Å²) in [5, 5.41) is 0. The van der Waals surface area contributed by atoms with Crippen LogP contribution >= 0.6 is 0 Å². The van der Waals surface area contributed by atoms with Gasteiger partial charge in [-0.3, -0.25) is 4.90 Å². The van der Waals surface area contributed by atoms with Crippen molar-refractivity contribution in [3.8, 4) is 0 Å². The van der Waals surface area contributed by atoms with Gasteiger partial charge in [-0.05, 0) is 38.8 Å². The molecule has 1 aliphatic carbocycles. The van der Waals surface area contributed by atoms with Gasteiger partial charge >= 0.3 is 0 Å². The van der Waals surface area contributed by atoms with Crippen LogP contribution in [-0.2, 0) is 0 Å². The van der Waals surface area contributed by atoms with Crippen LogP contribution in [0.2, 0.25) is 0 Å². The van der Waals surface area contributed by atoms with Gasteiger partial charge in [-0.15, -0.1) is 0 Å². The first-order valence-corrected chi connectivity index (χ1v) is 3.85. The third kappa shape index (κ3) is 0.864. The van der Waals surface area contributed by atoms with Gasteiger partial charge in [-0.25, -0.2) is 0 Å². The van der Waals surface area contributed by atoms with Crippen molar-refractivity contribution in [2.75, 3.05) is 13.1 Å². The summed E-state index contributed by atoms with van der Waals surface area (Å²) < 4.78 is 0. The molecule has 0 amide bonds. The summed E-state index contributed by atoms with van der Waals surface area (Å²) in [7, 11) is 0. The highest BCUT2D eigenvalue weighted by Gasteiger charge is 2.44. The number of likely N-dealkylation sites (tertiary alicyclic amines) is 1. The second kappa shape index (κ2) is 1.70. The monoisotopic (exact) mass is 126 g/mol. The van der Waals surface area contributed by atoms with Gasteiger partial charge in [0.05, 0.1) is 5.66 Å². The van der Waals surface area contributed by atoms with E-state index in [-0.39, 0.29) is 5.66 Å². The molecule has 2 aliphatic rings. The summed E-state index contributed by atoms with van der Waals surface area (Å²) in [6.45, 7) is 2.49. The first-order chi connectivity index (χ1) is 4.31. The normalized spacial score (nSPS) is 33.0. The summed E-state index contributed by atoms with van der Waals surface area (Å²) in [6, 6.07) is 0. The van der Waals surface area contributed by atoms with Gasteiger partial charge in [-0.1, -0.05) is 0 Å². The Kier molecular flexibility index (Phi) is 1.08. The molecule has 0 spiro atoms. The molecule has 1 aliphatic heterocycles. The predicted octanol–water partition coefficient (Wildman–Crippen LogP) is 0.531. The largest absolute Gasteiger partial charge is 0.313 e. The first-order valence-electron chi connectivity index (χ1n) is 3.85. The van der Waals surface area contributed by atoms with E-state index in [9.17, 15) is 0 Å².